The predicted octanol–water partition coefficient (Wildman–Crippen LogP) is 3.87. The Morgan fingerprint density at radius 3 is 2.81 bits per heavy atom. The van der Waals surface area contributed by atoms with Gasteiger partial charge >= 0.3 is 0 Å². The van der Waals surface area contributed by atoms with Crippen molar-refractivity contribution < 1.29 is 9.59 Å². The number of nitrogens with zero attached hydrogens (tertiary/aromatic N) is 5. The van der Waals surface area contributed by atoms with Gasteiger partial charge in [-0.3, -0.25) is 14.3 Å². The summed E-state index contributed by atoms with van der Waals surface area (Å²) in [4.78, 5) is 34.2. The van der Waals surface area contributed by atoms with Crippen molar-refractivity contribution in [3.63, 3.8) is 0 Å². The highest BCUT2D eigenvalue weighted by molar-refractivity contribution is 7.07. The number of carbonyl (C=O) groups is 2. The fourth-order valence-electron chi connectivity index (χ4n) is 4.15. The molecule has 7 nitrogen and oxygen atoms in total. The maximum atomic E-state index is 13.4. The monoisotopic (exact) mass is 469 g/mol. The Morgan fingerprint density at radius 2 is 2.09 bits per heavy atom. The van der Waals surface area contributed by atoms with Crippen LogP contribution in [0.25, 0.3) is 0 Å². The van der Waals surface area contributed by atoms with Crippen molar-refractivity contribution in [3.05, 3.63) is 68.4 Å². The standard InChI is InChI=1S/C23H24ClN5O2S/c1-27(11-16-13-32-14-25-16)23(31)21-18-12-28(22(30)17-4-2-3-5-19(17)24)9-8-20(18)29(26-21)10-15-6-7-15/h2-5,13-15H,6-12H2,1H3. The molecule has 0 unspecified atom stereocenters. The number of hydrogen-bond donors (Lipinski definition) is 0. The number of benzene rings is 1. The van der Waals surface area contributed by atoms with Crippen molar-refractivity contribution in [2.24, 2.45) is 5.92 Å². The van der Waals surface area contributed by atoms with E-state index in [0.29, 0.717) is 48.3 Å². The van der Waals surface area contributed by atoms with Gasteiger partial charge in [0.1, 0.15) is 0 Å². The first-order chi connectivity index (χ1) is 15.5. The maximum Gasteiger partial charge on any atom is 0.274 e. The molecular weight excluding hydrogens is 446 g/mol. The van der Waals surface area contributed by atoms with Crippen LogP contribution in [-0.4, -0.2) is 50.0 Å². The quantitative estimate of drug-likeness (QED) is 0.549. The van der Waals surface area contributed by atoms with Gasteiger partial charge in [-0.1, -0.05) is 23.7 Å². The number of amides is 2. The first-order valence-corrected chi connectivity index (χ1v) is 12.1. The molecule has 0 saturated heterocycles. The summed E-state index contributed by atoms with van der Waals surface area (Å²) in [6, 6.07) is 7.08. The molecular formula is C23H24ClN5O2S. The molecule has 3 heterocycles. The first kappa shape index (κ1) is 21.2. The fraction of sp³-hybridized carbons (Fsp3) is 0.391. The summed E-state index contributed by atoms with van der Waals surface area (Å²) in [7, 11) is 1.77. The lowest BCUT2D eigenvalue weighted by Gasteiger charge is -2.28. The van der Waals surface area contributed by atoms with Crippen molar-refractivity contribution in [1.82, 2.24) is 24.6 Å². The number of rotatable bonds is 6. The Morgan fingerprint density at radius 1 is 1.28 bits per heavy atom. The highest BCUT2D eigenvalue weighted by Crippen LogP contribution is 2.33. The smallest absolute Gasteiger partial charge is 0.274 e. The molecule has 5 rings (SSSR count). The summed E-state index contributed by atoms with van der Waals surface area (Å²) < 4.78 is 2.01. The topological polar surface area (TPSA) is 71.3 Å². The van der Waals surface area contributed by atoms with E-state index < -0.39 is 0 Å². The zero-order valence-corrected chi connectivity index (χ0v) is 19.4. The lowest BCUT2D eigenvalue weighted by atomic mass is 10.0. The van der Waals surface area contributed by atoms with Crippen LogP contribution >= 0.6 is 22.9 Å². The summed E-state index contributed by atoms with van der Waals surface area (Å²) in [6.45, 7) is 2.20. The van der Waals surface area contributed by atoms with Gasteiger partial charge in [0, 0.05) is 43.2 Å². The number of halogens is 1. The van der Waals surface area contributed by atoms with E-state index in [1.54, 1.807) is 34.5 Å². The van der Waals surface area contributed by atoms with Crippen LogP contribution in [0.4, 0.5) is 0 Å². The lowest BCUT2D eigenvalue weighted by Crippen LogP contribution is -2.37. The molecule has 3 aromatic rings. The normalized spacial score (nSPS) is 15.5. The average Bonchev–Trinajstić information content (AvgIpc) is 3.33. The molecule has 0 N–H and O–H groups in total. The number of thiazole rings is 1. The largest absolute Gasteiger partial charge is 0.334 e. The molecule has 166 valence electrons. The van der Waals surface area contributed by atoms with Gasteiger partial charge in [0.2, 0.25) is 0 Å². The summed E-state index contributed by atoms with van der Waals surface area (Å²) in [5, 5.41) is 7.13. The number of aromatic nitrogens is 3. The first-order valence-electron chi connectivity index (χ1n) is 10.8. The summed E-state index contributed by atoms with van der Waals surface area (Å²) in [6.07, 6.45) is 3.09. The van der Waals surface area contributed by atoms with E-state index in [9.17, 15) is 9.59 Å². The summed E-state index contributed by atoms with van der Waals surface area (Å²) >= 11 is 7.78. The second-order valence-corrected chi connectivity index (χ2v) is 9.62. The molecule has 9 heteroatoms. The van der Waals surface area contributed by atoms with E-state index in [4.69, 9.17) is 16.7 Å². The van der Waals surface area contributed by atoms with Gasteiger partial charge in [-0.25, -0.2) is 4.98 Å². The van der Waals surface area contributed by atoms with E-state index in [0.717, 1.165) is 23.5 Å². The van der Waals surface area contributed by atoms with Crippen LogP contribution in [0, 0.1) is 5.92 Å². The molecule has 1 saturated carbocycles. The van der Waals surface area contributed by atoms with Gasteiger partial charge in [-0.2, -0.15) is 5.10 Å². The molecule has 0 atom stereocenters. The molecule has 0 bridgehead atoms. The van der Waals surface area contributed by atoms with Gasteiger partial charge in [0.15, 0.2) is 5.69 Å². The Bertz CT molecular complexity index is 1160. The van der Waals surface area contributed by atoms with Crippen LogP contribution in [0.15, 0.2) is 35.2 Å². The Kier molecular flexibility index (Phi) is 5.73. The van der Waals surface area contributed by atoms with E-state index in [-0.39, 0.29) is 11.8 Å². The zero-order chi connectivity index (χ0) is 22.2. The molecule has 1 aliphatic heterocycles. The van der Waals surface area contributed by atoms with E-state index in [1.807, 2.05) is 22.2 Å². The summed E-state index contributed by atoms with van der Waals surface area (Å²) in [5.41, 5.74) is 5.47. The highest BCUT2D eigenvalue weighted by Gasteiger charge is 2.33. The molecule has 0 radical (unpaired) electrons. The van der Waals surface area contributed by atoms with Crippen LogP contribution in [0.2, 0.25) is 5.02 Å². The average molecular weight is 470 g/mol. The van der Waals surface area contributed by atoms with E-state index in [1.165, 1.54) is 24.2 Å². The number of carbonyl (C=O) groups excluding carboxylic acids is 2. The third-order valence-corrected chi connectivity index (χ3v) is 7.05. The van der Waals surface area contributed by atoms with Gasteiger partial charge < -0.3 is 9.80 Å². The summed E-state index contributed by atoms with van der Waals surface area (Å²) in [5.74, 6) is 0.374. The second-order valence-electron chi connectivity index (χ2n) is 8.50. The van der Waals surface area contributed by atoms with Gasteiger partial charge in [-0.05, 0) is 30.9 Å². The molecule has 2 aromatic heterocycles. The van der Waals surface area contributed by atoms with Crippen LogP contribution < -0.4 is 0 Å². The van der Waals surface area contributed by atoms with Gasteiger partial charge in [-0.15, -0.1) is 11.3 Å². The van der Waals surface area contributed by atoms with Crippen molar-refractivity contribution in [3.8, 4) is 0 Å². The molecule has 0 spiro atoms. The maximum absolute atomic E-state index is 13.4. The minimum atomic E-state index is -0.143. The van der Waals surface area contributed by atoms with Crippen molar-refractivity contribution >= 4 is 34.8 Å². The zero-order valence-electron chi connectivity index (χ0n) is 17.8. The van der Waals surface area contributed by atoms with E-state index in [2.05, 4.69) is 4.98 Å². The minimum Gasteiger partial charge on any atom is -0.334 e. The fourth-order valence-corrected chi connectivity index (χ4v) is 4.91. The second kappa shape index (κ2) is 8.67. The highest BCUT2D eigenvalue weighted by atomic mass is 35.5. The molecule has 32 heavy (non-hydrogen) atoms. The molecule has 1 fully saturated rings. The third-order valence-electron chi connectivity index (χ3n) is 6.09. The van der Waals surface area contributed by atoms with Gasteiger partial charge in [0.25, 0.3) is 11.8 Å². The molecule has 2 amide bonds. The van der Waals surface area contributed by atoms with Crippen molar-refractivity contribution in [1.29, 1.82) is 0 Å². The predicted molar refractivity (Wildman–Crippen MR) is 123 cm³/mol. The molecule has 1 aliphatic carbocycles. The van der Waals surface area contributed by atoms with Crippen LogP contribution in [-0.2, 0) is 26.1 Å². The number of hydrogen-bond acceptors (Lipinski definition) is 5. The third kappa shape index (κ3) is 4.17. The van der Waals surface area contributed by atoms with Crippen LogP contribution in [0.5, 0.6) is 0 Å². The Balaban J connectivity index is 1.43. The van der Waals surface area contributed by atoms with Crippen LogP contribution in [0.1, 0.15) is 50.6 Å². The van der Waals surface area contributed by atoms with Crippen molar-refractivity contribution in [2.45, 2.75) is 38.9 Å². The Hall–Kier alpha value is -2.71. The SMILES string of the molecule is CN(Cc1cscn1)C(=O)c1nn(CC2CC2)c2c1CN(C(=O)c1ccccc1Cl)CC2. The lowest BCUT2D eigenvalue weighted by molar-refractivity contribution is 0.0721. The van der Waals surface area contributed by atoms with Crippen LogP contribution in [0.3, 0.4) is 0 Å². The van der Waals surface area contributed by atoms with E-state index >= 15 is 0 Å². The van der Waals surface area contributed by atoms with Gasteiger partial charge in [0.05, 0.1) is 34.9 Å². The Labute approximate surface area is 195 Å². The van der Waals surface area contributed by atoms with Crippen molar-refractivity contribution in [2.75, 3.05) is 13.6 Å². The minimum absolute atomic E-state index is 0.120. The molecule has 2 aliphatic rings. The number of fused-ring (bicyclic) bond motifs is 1. The molecule has 1 aromatic carbocycles.